The van der Waals surface area contributed by atoms with Gasteiger partial charge in [-0.3, -0.25) is 14.8 Å². The van der Waals surface area contributed by atoms with Gasteiger partial charge < -0.3 is 9.64 Å². The minimum atomic E-state index is 0.00213. The monoisotopic (exact) mass is 434 g/mol. The predicted molar refractivity (Wildman–Crippen MR) is 128 cm³/mol. The molecule has 0 radical (unpaired) electrons. The highest BCUT2D eigenvalue weighted by atomic mass is 16.5. The van der Waals surface area contributed by atoms with Gasteiger partial charge in [0.25, 0.3) is 0 Å². The summed E-state index contributed by atoms with van der Waals surface area (Å²) in [5, 5.41) is 0. The van der Waals surface area contributed by atoms with Crippen molar-refractivity contribution in [3.05, 3.63) is 66.1 Å². The normalized spacial score (nSPS) is 18.0. The number of aromatic nitrogens is 2. The molecule has 32 heavy (non-hydrogen) atoms. The second-order valence-corrected chi connectivity index (χ2v) is 8.35. The Morgan fingerprint density at radius 2 is 1.88 bits per heavy atom. The summed E-state index contributed by atoms with van der Waals surface area (Å²) in [7, 11) is 1.71. The number of allylic oxidation sites excluding steroid dienone is 2. The Labute approximate surface area is 191 Å². The zero-order valence-corrected chi connectivity index (χ0v) is 19.4. The number of ketones is 1. The summed E-state index contributed by atoms with van der Waals surface area (Å²) in [6.07, 6.45) is 13.3. The quantitative estimate of drug-likeness (QED) is 0.497. The molecule has 0 unspecified atom stereocenters. The van der Waals surface area contributed by atoms with Crippen LogP contribution in [-0.4, -0.2) is 58.6 Å². The highest BCUT2D eigenvalue weighted by Crippen LogP contribution is 2.28. The molecule has 0 amide bonds. The molecule has 2 aromatic heterocycles. The molecule has 1 saturated carbocycles. The number of piperidine rings is 1. The van der Waals surface area contributed by atoms with Gasteiger partial charge in [0, 0.05) is 55.9 Å². The van der Waals surface area contributed by atoms with Crippen molar-refractivity contribution < 1.29 is 9.53 Å². The molecule has 1 aliphatic heterocycles. The molecule has 2 aliphatic rings. The maximum absolute atomic E-state index is 11.1. The average Bonchev–Trinajstić information content (AvgIpc) is 2.76. The van der Waals surface area contributed by atoms with Crippen molar-refractivity contribution in [3.8, 4) is 5.88 Å². The van der Waals surface area contributed by atoms with Gasteiger partial charge in [-0.1, -0.05) is 12.5 Å². The number of carbonyl (C=O) groups excluding carboxylic acids is 1. The summed E-state index contributed by atoms with van der Waals surface area (Å²) < 4.78 is 6.05. The van der Waals surface area contributed by atoms with Gasteiger partial charge in [-0.25, -0.2) is 4.98 Å². The van der Waals surface area contributed by atoms with Crippen molar-refractivity contribution in [2.45, 2.75) is 58.1 Å². The zero-order chi connectivity index (χ0) is 22.8. The van der Waals surface area contributed by atoms with Crippen molar-refractivity contribution in [3.63, 3.8) is 0 Å². The molecule has 2 fully saturated rings. The maximum atomic E-state index is 11.1. The Kier molecular flexibility index (Phi) is 9.11. The Morgan fingerprint density at radius 3 is 2.34 bits per heavy atom. The van der Waals surface area contributed by atoms with Gasteiger partial charge in [0.05, 0.1) is 5.71 Å². The number of likely N-dealkylation sites (tertiary alicyclic amines) is 1. The lowest BCUT2D eigenvalue weighted by atomic mass is 9.90. The van der Waals surface area contributed by atoms with Gasteiger partial charge in [0.1, 0.15) is 6.10 Å². The number of rotatable bonds is 6. The standard InChI is InChI=1S/C20H27N3O2.C6H7N/c1-15(24)6-8-19(21-2)16-7-9-20(22-14-16)25-18-10-12-23(13-11-18)17-4-3-5-17;1-6-4-2-3-5-7-6/h6-9,14,17-18H,3-5,10-13H2,1-2H3;2-5H,1H3/b8-6-,21-19?;. The fraction of sp³-hybridized carbons (Fsp3) is 0.462. The van der Waals surface area contributed by atoms with Crippen LogP contribution in [-0.2, 0) is 4.79 Å². The largest absolute Gasteiger partial charge is 0.474 e. The third-order valence-corrected chi connectivity index (χ3v) is 5.92. The van der Waals surface area contributed by atoms with Gasteiger partial charge in [0.15, 0.2) is 5.78 Å². The van der Waals surface area contributed by atoms with Crippen molar-refractivity contribution in [1.29, 1.82) is 0 Å². The molecule has 0 bridgehead atoms. The molecule has 2 aromatic rings. The molecule has 1 aliphatic carbocycles. The topological polar surface area (TPSA) is 67.7 Å². The van der Waals surface area contributed by atoms with E-state index in [1.54, 1.807) is 25.5 Å². The van der Waals surface area contributed by atoms with Crippen LogP contribution in [0.1, 0.15) is 50.3 Å². The van der Waals surface area contributed by atoms with Gasteiger partial charge in [-0.05, 0) is 69.9 Å². The minimum Gasteiger partial charge on any atom is -0.474 e. The summed E-state index contributed by atoms with van der Waals surface area (Å²) in [6.45, 7) is 5.76. The molecule has 4 rings (SSSR count). The molecule has 0 aromatic carbocycles. The van der Waals surface area contributed by atoms with Crippen LogP contribution in [0.3, 0.4) is 0 Å². The summed E-state index contributed by atoms with van der Waals surface area (Å²) in [5.41, 5.74) is 2.69. The lowest BCUT2D eigenvalue weighted by Crippen LogP contribution is -2.46. The van der Waals surface area contributed by atoms with Crippen molar-refractivity contribution in [2.75, 3.05) is 20.1 Å². The molecular formula is C26H34N4O2. The molecular weight excluding hydrogens is 400 g/mol. The molecule has 6 heteroatoms. The van der Waals surface area contributed by atoms with E-state index in [0.29, 0.717) is 5.88 Å². The first-order chi connectivity index (χ1) is 15.5. The zero-order valence-electron chi connectivity index (χ0n) is 19.4. The van der Waals surface area contributed by atoms with Crippen LogP contribution >= 0.6 is 0 Å². The second kappa shape index (κ2) is 12.2. The van der Waals surface area contributed by atoms with Crippen LogP contribution in [0.25, 0.3) is 0 Å². The van der Waals surface area contributed by atoms with Gasteiger partial charge in [-0.15, -0.1) is 0 Å². The Morgan fingerprint density at radius 1 is 1.09 bits per heavy atom. The molecule has 3 heterocycles. The van der Waals surface area contributed by atoms with Crippen LogP contribution in [0.2, 0.25) is 0 Å². The van der Waals surface area contributed by atoms with Crippen LogP contribution in [0.5, 0.6) is 5.88 Å². The molecule has 0 atom stereocenters. The lowest BCUT2D eigenvalue weighted by Gasteiger charge is -2.41. The molecule has 1 saturated heterocycles. The summed E-state index contributed by atoms with van der Waals surface area (Å²) >= 11 is 0. The highest BCUT2D eigenvalue weighted by molar-refractivity contribution is 6.10. The average molecular weight is 435 g/mol. The number of nitrogens with zero attached hydrogens (tertiary/aromatic N) is 4. The number of ether oxygens (including phenoxy) is 1. The Bertz CT molecular complexity index is 897. The molecule has 170 valence electrons. The van der Waals surface area contributed by atoms with E-state index in [-0.39, 0.29) is 11.9 Å². The number of pyridine rings is 2. The first-order valence-electron chi connectivity index (χ1n) is 11.5. The summed E-state index contributed by atoms with van der Waals surface area (Å²) in [4.78, 5) is 26.3. The summed E-state index contributed by atoms with van der Waals surface area (Å²) in [5.74, 6) is 0.666. The van der Waals surface area contributed by atoms with Crippen LogP contribution in [0, 0.1) is 6.92 Å². The van der Waals surface area contributed by atoms with E-state index < -0.39 is 0 Å². The minimum absolute atomic E-state index is 0.00213. The van der Waals surface area contributed by atoms with Gasteiger partial charge in [0.2, 0.25) is 5.88 Å². The van der Waals surface area contributed by atoms with Crippen LogP contribution in [0.15, 0.2) is 59.9 Å². The first-order valence-corrected chi connectivity index (χ1v) is 11.5. The smallest absolute Gasteiger partial charge is 0.213 e. The van der Waals surface area contributed by atoms with Crippen LogP contribution in [0.4, 0.5) is 0 Å². The second-order valence-electron chi connectivity index (χ2n) is 8.35. The third-order valence-electron chi connectivity index (χ3n) is 5.92. The number of aryl methyl sites for hydroxylation is 1. The van der Waals surface area contributed by atoms with E-state index in [2.05, 4.69) is 19.9 Å². The van der Waals surface area contributed by atoms with E-state index >= 15 is 0 Å². The van der Waals surface area contributed by atoms with E-state index in [4.69, 9.17) is 4.74 Å². The number of hydrogen-bond donors (Lipinski definition) is 0. The van der Waals surface area contributed by atoms with Crippen LogP contribution < -0.4 is 4.74 Å². The van der Waals surface area contributed by atoms with Gasteiger partial charge >= 0.3 is 0 Å². The fourth-order valence-electron chi connectivity index (χ4n) is 3.83. The lowest BCUT2D eigenvalue weighted by molar-refractivity contribution is -0.112. The van der Waals surface area contributed by atoms with E-state index in [0.717, 1.165) is 48.9 Å². The van der Waals surface area contributed by atoms with E-state index in [1.165, 1.54) is 32.3 Å². The molecule has 0 N–H and O–H groups in total. The highest BCUT2D eigenvalue weighted by Gasteiger charge is 2.29. The Hall–Kier alpha value is -2.86. The third kappa shape index (κ3) is 7.38. The molecule has 6 nitrogen and oxygen atoms in total. The number of aliphatic imine (C=N–C) groups is 1. The number of carbonyl (C=O) groups is 1. The predicted octanol–water partition coefficient (Wildman–Crippen LogP) is 4.43. The number of hydrogen-bond acceptors (Lipinski definition) is 6. The van der Waals surface area contributed by atoms with Crippen molar-refractivity contribution in [1.82, 2.24) is 14.9 Å². The van der Waals surface area contributed by atoms with Gasteiger partial charge in [-0.2, -0.15) is 0 Å². The SMILES string of the molecule is CN=C(/C=C\C(C)=O)c1ccc(OC2CCN(C3CCC3)CC2)nc1.Cc1ccccn1. The van der Waals surface area contributed by atoms with E-state index in [1.807, 2.05) is 37.3 Å². The fourth-order valence-corrected chi connectivity index (χ4v) is 3.83. The Balaban J connectivity index is 0.000000352. The molecule has 0 spiro atoms. The maximum Gasteiger partial charge on any atom is 0.213 e. The van der Waals surface area contributed by atoms with Crippen molar-refractivity contribution >= 4 is 11.5 Å². The summed E-state index contributed by atoms with van der Waals surface area (Å²) in [6, 6.07) is 10.5. The van der Waals surface area contributed by atoms with Crippen molar-refractivity contribution in [2.24, 2.45) is 4.99 Å². The van der Waals surface area contributed by atoms with E-state index in [9.17, 15) is 4.79 Å². The first kappa shape index (κ1) is 23.8.